The predicted octanol–water partition coefficient (Wildman–Crippen LogP) is 1.52. The van der Waals surface area contributed by atoms with Crippen LogP contribution < -0.4 is 11.3 Å². The zero-order valence-corrected chi connectivity index (χ0v) is 15.4. The first-order valence-electron chi connectivity index (χ1n) is 8.33. The van der Waals surface area contributed by atoms with Crippen molar-refractivity contribution in [2.45, 2.75) is 45.6 Å². The number of aromatic amines is 2. The fraction of sp³-hybridized carbons (Fsp3) is 0.529. The van der Waals surface area contributed by atoms with E-state index in [1.807, 2.05) is 13.8 Å². The third kappa shape index (κ3) is 7.47. The number of carbonyl (C=O) groups excluding carboxylic acids is 1. The van der Waals surface area contributed by atoms with Crippen LogP contribution in [0.2, 0.25) is 0 Å². The average Bonchev–Trinajstić information content (AvgIpc) is 3.16. The van der Waals surface area contributed by atoms with E-state index < -0.39 is 0 Å². The summed E-state index contributed by atoms with van der Waals surface area (Å²) in [5.41, 5.74) is 6.85. The maximum atomic E-state index is 11.0. The molecule has 0 amide bonds. The van der Waals surface area contributed by atoms with Gasteiger partial charge in [-0.1, -0.05) is 26.0 Å². The van der Waals surface area contributed by atoms with Crippen molar-refractivity contribution in [1.82, 2.24) is 19.9 Å². The van der Waals surface area contributed by atoms with Gasteiger partial charge in [0.1, 0.15) is 0 Å². The summed E-state index contributed by atoms with van der Waals surface area (Å²) in [6, 6.07) is 0. The molecular weight excluding hydrogens is 338 g/mol. The Morgan fingerprint density at radius 1 is 1.54 bits per heavy atom. The highest BCUT2D eigenvalue weighted by atomic mass is 16.5. The number of aliphatic hydroxyl groups excluding tert-OH is 1. The normalized spacial score (nSPS) is 15.9. The molecule has 1 fully saturated rings. The van der Waals surface area contributed by atoms with Crippen LogP contribution in [0.3, 0.4) is 0 Å². The van der Waals surface area contributed by atoms with Crippen molar-refractivity contribution in [3.8, 4) is 0 Å². The quantitative estimate of drug-likeness (QED) is 0.466. The van der Waals surface area contributed by atoms with Gasteiger partial charge in [-0.3, -0.25) is 14.6 Å². The van der Waals surface area contributed by atoms with Gasteiger partial charge >= 0.3 is 5.97 Å². The van der Waals surface area contributed by atoms with Crippen LogP contribution in [0.25, 0.3) is 11.2 Å². The summed E-state index contributed by atoms with van der Waals surface area (Å²) >= 11 is 0. The van der Waals surface area contributed by atoms with Crippen LogP contribution in [-0.4, -0.2) is 44.2 Å². The van der Waals surface area contributed by atoms with E-state index in [1.165, 1.54) is 19.0 Å². The number of methoxy groups -OCH3 is 1. The second-order valence-electron chi connectivity index (χ2n) is 6.37. The molecule has 9 nitrogen and oxygen atoms in total. The van der Waals surface area contributed by atoms with Gasteiger partial charge in [-0.05, 0) is 25.2 Å². The number of ether oxygens (including phenoxy) is 1. The number of esters is 1. The Labute approximate surface area is 151 Å². The highest BCUT2D eigenvalue weighted by Crippen LogP contribution is 2.21. The number of anilines is 1. The van der Waals surface area contributed by atoms with Crippen LogP contribution in [0.1, 0.15) is 39.5 Å². The van der Waals surface area contributed by atoms with E-state index >= 15 is 0 Å². The third-order valence-electron chi connectivity index (χ3n) is 3.47. The topological polar surface area (TPSA) is 147 Å². The number of rotatable bonds is 2. The molecule has 1 aliphatic carbocycles. The number of H-pyrrole nitrogens is 2. The number of aromatic nitrogens is 4. The highest BCUT2D eigenvalue weighted by Gasteiger charge is 2.13. The van der Waals surface area contributed by atoms with Crippen molar-refractivity contribution in [3.63, 3.8) is 0 Å². The predicted molar refractivity (Wildman–Crippen MR) is 99.4 cm³/mol. The largest absolute Gasteiger partial charge is 0.469 e. The number of nitrogens with two attached hydrogens (primary N) is 1. The summed E-state index contributed by atoms with van der Waals surface area (Å²) in [4.78, 5) is 33.9. The smallest absolute Gasteiger partial charge is 0.305 e. The van der Waals surface area contributed by atoms with Crippen LogP contribution in [-0.2, 0) is 9.53 Å². The second-order valence-corrected chi connectivity index (χ2v) is 6.37. The van der Waals surface area contributed by atoms with Gasteiger partial charge in [0.2, 0.25) is 5.95 Å². The molecule has 0 saturated heterocycles. The van der Waals surface area contributed by atoms with E-state index in [0.717, 1.165) is 19.3 Å². The van der Waals surface area contributed by atoms with E-state index in [4.69, 9.17) is 10.8 Å². The Hall–Kier alpha value is -2.68. The molecule has 2 aromatic heterocycles. The van der Waals surface area contributed by atoms with Gasteiger partial charge in [-0.2, -0.15) is 4.98 Å². The fourth-order valence-corrected chi connectivity index (χ4v) is 2.18. The highest BCUT2D eigenvalue weighted by molar-refractivity contribution is 5.69. The molecule has 1 saturated carbocycles. The molecule has 0 radical (unpaired) electrons. The molecule has 0 spiro atoms. The number of nitrogens with one attached hydrogen (secondary N) is 2. The summed E-state index contributed by atoms with van der Waals surface area (Å²) in [5.74, 6) is 0.358. The lowest BCUT2D eigenvalue weighted by molar-refractivity contribution is -0.141. The molecule has 5 N–H and O–H groups in total. The number of aliphatic hydroxyl groups is 1. The van der Waals surface area contributed by atoms with Crippen molar-refractivity contribution in [2.75, 3.05) is 12.8 Å². The number of hydrogen-bond acceptors (Lipinski definition) is 7. The minimum atomic E-state index is -0.301. The summed E-state index contributed by atoms with van der Waals surface area (Å²) in [6.45, 7) is 7.71. The molecule has 9 heteroatoms. The zero-order valence-electron chi connectivity index (χ0n) is 15.4. The fourth-order valence-electron chi connectivity index (χ4n) is 2.18. The minimum Gasteiger partial charge on any atom is -0.469 e. The monoisotopic (exact) mass is 365 g/mol. The number of fused-ring (bicyclic) bond motifs is 1. The number of imidazole rings is 1. The lowest BCUT2D eigenvalue weighted by Gasteiger charge is -1.99. The summed E-state index contributed by atoms with van der Waals surface area (Å²) in [5, 5.41) is 8.84. The molecule has 2 heterocycles. The maximum Gasteiger partial charge on any atom is 0.305 e. The SMILES string of the molecule is C=C1CCC(O)C1.COC(=O)CC(C)C.Nc1nc2nc[nH]c2c(=O)[nH]1. The molecule has 144 valence electrons. The Morgan fingerprint density at radius 3 is 2.65 bits per heavy atom. The number of nitrogens with zero attached hydrogens (tertiary/aromatic N) is 2. The molecule has 1 aliphatic rings. The maximum absolute atomic E-state index is 11.0. The molecule has 0 aliphatic heterocycles. The van der Waals surface area contributed by atoms with E-state index in [0.29, 0.717) is 23.5 Å². The molecule has 3 rings (SSSR count). The van der Waals surface area contributed by atoms with Crippen molar-refractivity contribution < 1.29 is 14.6 Å². The van der Waals surface area contributed by atoms with Gasteiger partial charge in [0.25, 0.3) is 5.56 Å². The summed E-state index contributed by atoms with van der Waals surface area (Å²) in [7, 11) is 1.41. The standard InChI is InChI=1S/C6H12O2.C6H10O.C5H5N5O/c1-5(2)4-6(7)8-3;1-5-2-3-6(7)4-5;6-5-9-3-2(4(11)10-5)7-1-8-3/h5H,4H2,1-3H3;6-7H,1-4H2;1H,(H4,6,7,8,9,10,11). The van der Waals surface area contributed by atoms with Gasteiger partial charge in [-0.15, -0.1) is 0 Å². The van der Waals surface area contributed by atoms with Crippen LogP contribution in [0, 0.1) is 5.92 Å². The van der Waals surface area contributed by atoms with E-state index in [-0.39, 0.29) is 23.6 Å². The van der Waals surface area contributed by atoms with Crippen LogP contribution in [0.5, 0.6) is 0 Å². The molecule has 1 unspecified atom stereocenters. The minimum absolute atomic E-state index is 0.0764. The lowest BCUT2D eigenvalue weighted by Crippen LogP contribution is -2.10. The van der Waals surface area contributed by atoms with E-state index in [9.17, 15) is 9.59 Å². The second kappa shape index (κ2) is 10.3. The Bertz CT molecular complexity index is 781. The van der Waals surface area contributed by atoms with E-state index in [2.05, 4.69) is 31.3 Å². The molecule has 2 aromatic rings. The van der Waals surface area contributed by atoms with Gasteiger partial charge in [0, 0.05) is 6.42 Å². The number of nitrogen functional groups attached to an aromatic ring is 1. The van der Waals surface area contributed by atoms with Crippen LogP contribution >= 0.6 is 0 Å². The van der Waals surface area contributed by atoms with Gasteiger partial charge in [0.05, 0.1) is 19.5 Å². The Balaban J connectivity index is 0.000000202. The van der Waals surface area contributed by atoms with Crippen LogP contribution in [0.15, 0.2) is 23.3 Å². The molecule has 0 aromatic carbocycles. The van der Waals surface area contributed by atoms with Crippen molar-refractivity contribution in [1.29, 1.82) is 0 Å². The van der Waals surface area contributed by atoms with Gasteiger partial charge in [0.15, 0.2) is 11.2 Å². The first kappa shape index (κ1) is 21.4. The van der Waals surface area contributed by atoms with Crippen molar-refractivity contribution in [2.24, 2.45) is 5.92 Å². The Morgan fingerprint density at radius 2 is 2.23 bits per heavy atom. The molecule has 26 heavy (non-hydrogen) atoms. The van der Waals surface area contributed by atoms with Crippen LogP contribution in [0.4, 0.5) is 5.95 Å². The average molecular weight is 365 g/mol. The Kier molecular flexibility index (Phi) is 8.50. The first-order chi connectivity index (χ1) is 12.2. The van der Waals surface area contributed by atoms with Crippen molar-refractivity contribution in [3.05, 3.63) is 28.8 Å². The number of hydrogen-bond donors (Lipinski definition) is 4. The summed E-state index contributed by atoms with van der Waals surface area (Å²) < 4.78 is 4.42. The molecule has 1 atom stereocenters. The van der Waals surface area contributed by atoms with Gasteiger partial charge in [-0.25, -0.2) is 4.98 Å². The first-order valence-corrected chi connectivity index (χ1v) is 8.33. The molecular formula is C17H27N5O4. The number of carbonyl (C=O) groups is 1. The third-order valence-corrected chi connectivity index (χ3v) is 3.47. The molecule has 0 bridgehead atoms. The van der Waals surface area contributed by atoms with E-state index in [1.54, 1.807) is 0 Å². The zero-order chi connectivity index (χ0) is 19.7. The van der Waals surface area contributed by atoms with Crippen molar-refractivity contribution >= 4 is 23.1 Å². The van der Waals surface area contributed by atoms with Gasteiger partial charge < -0.3 is 20.6 Å². The lowest BCUT2D eigenvalue weighted by atomic mass is 10.1. The summed E-state index contributed by atoms with van der Waals surface area (Å²) in [6.07, 6.45) is 4.63.